The molecule has 0 aliphatic carbocycles. The van der Waals surface area contributed by atoms with Crippen LogP contribution >= 0.6 is 11.3 Å². The molecule has 0 fully saturated rings. The molecule has 3 nitrogen and oxygen atoms in total. The van der Waals surface area contributed by atoms with Crippen molar-refractivity contribution < 1.29 is 18.9 Å². The molecular weight excluding hydrogens is 366 g/mol. The molecule has 27 heavy (non-hydrogen) atoms. The molecule has 1 heterocycles. The predicted octanol–water partition coefficient (Wildman–Crippen LogP) is 3.56. The molecule has 3 rings (SSSR count). The summed E-state index contributed by atoms with van der Waals surface area (Å²) in [6.45, 7) is 2.04. The lowest BCUT2D eigenvalue weighted by molar-refractivity contribution is -0.682. The van der Waals surface area contributed by atoms with Gasteiger partial charge in [-0.2, -0.15) is 0 Å². The summed E-state index contributed by atoms with van der Waals surface area (Å²) in [4.78, 5) is 13.6. The minimum atomic E-state index is -0.876. The fraction of sp³-hybridized carbons (Fsp3) is 0.190. The minimum Gasteiger partial charge on any atom is -0.339 e. The molecule has 0 aliphatic heterocycles. The van der Waals surface area contributed by atoms with Crippen molar-refractivity contribution in [1.82, 2.24) is 5.32 Å². The highest BCUT2D eigenvalue weighted by Gasteiger charge is 2.20. The maximum atomic E-state index is 13.4. The number of nitrogens with one attached hydrogen (secondary N) is 1. The molecule has 6 heteroatoms. The summed E-state index contributed by atoms with van der Waals surface area (Å²) in [5.74, 6) is -1.86. The topological polar surface area (TPSA) is 45.7 Å². The van der Waals surface area contributed by atoms with Crippen LogP contribution in [-0.4, -0.2) is 12.5 Å². The highest BCUT2D eigenvalue weighted by atomic mass is 32.1. The van der Waals surface area contributed by atoms with Crippen molar-refractivity contribution in [2.24, 2.45) is 0 Å². The van der Waals surface area contributed by atoms with Gasteiger partial charge in [-0.25, -0.2) is 8.78 Å². The van der Waals surface area contributed by atoms with Gasteiger partial charge < -0.3 is 10.6 Å². The van der Waals surface area contributed by atoms with Crippen molar-refractivity contribution in [2.45, 2.75) is 19.0 Å². The number of benzene rings is 2. The first-order valence-corrected chi connectivity index (χ1v) is 9.58. The van der Waals surface area contributed by atoms with Crippen molar-refractivity contribution in [3.63, 3.8) is 0 Å². The maximum absolute atomic E-state index is 13.4. The Balaban J connectivity index is 1.63. The Morgan fingerprint density at radius 1 is 1.04 bits per heavy atom. The van der Waals surface area contributed by atoms with Gasteiger partial charge in [-0.05, 0) is 42.1 Å². The Labute approximate surface area is 161 Å². The molecule has 2 atom stereocenters. The maximum Gasteiger partial charge on any atom is 0.275 e. The second-order valence-electron chi connectivity index (χ2n) is 6.33. The zero-order valence-electron chi connectivity index (χ0n) is 14.9. The van der Waals surface area contributed by atoms with Crippen molar-refractivity contribution in [2.75, 3.05) is 6.54 Å². The zero-order valence-corrected chi connectivity index (χ0v) is 15.7. The lowest BCUT2D eigenvalue weighted by Gasteiger charge is -2.18. The number of hydrogen-bond donors (Lipinski definition) is 2. The van der Waals surface area contributed by atoms with E-state index in [0.717, 1.165) is 16.5 Å². The Bertz CT molecular complexity index is 884. The van der Waals surface area contributed by atoms with Crippen molar-refractivity contribution in [3.05, 3.63) is 93.7 Å². The van der Waals surface area contributed by atoms with Crippen LogP contribution in [0.5, 0.6) is 0 Å². The third-order valence-corrected chi connectivity index (χ3v) is 5.33. The second kappa shape index (κ2) is 8.88. The summed E-state index contributed by atoms with van der Waals surface area (Å²) in [5, 5.41) is 6.85. The molecule has 140 valence electrons. The number of rotatable bonds is 7. The number of nitrogens with two attached hydrogens (primary N) is 1. The SMILES string of the molecule is C[C@H]([NH2+]CC(=O)N[C@H](c1ccccc1)c1cccs1)c1ccc(F)c(F)c1. The first-order chi connectivity index (χ1) is 13.0. The molecule has 0 saturated heterocycles. The molecule has 3 N–H and O–H groups in total. The monoisotopic (exact) mass is 387 g/mol. The van der Waals surface area contributed by atoms with Gasteiger partial charge in [-0.15, -0.1) is 11.3 Å². The molecule has 0 aliphatic rings. The highest BCUT2D eigenvalue weighted by Crippen LogP contribution is 2.25. The number of amides is 1. The Morgan fingerprint density at radius 2 is 1.81 bits per heavy atom. The molecule has 0 unspecified atom stereocenters. The zero-order chi connectivity index (χ0) is 19.2. The van der Waals surface area contributed by atoms with Gasteiger partial charge in [0, 0.05) is 10.4 Å². The van der Waals surface area contributed by atoms with Crippen LogP contribution in [0, 0.1) is 11.6 Å². The van der Waals surface area contributed by atoms with Gasteiger partial charge in [0.2, 0.25) is 0 Å². The number of halogens is 2. The van der Waals surface area contributed by atoms with Crippen LogP contribution < -0.4 is 10.6 Å². The van der Waals surface area contributed by atoms with Crippen LogP contribution in [0.2, 0.25) is 0 Å². The normalized spacial score (nSPS) is 13.1. The van der Waals surface area contributed by atoms with Gasteiger partial charge >= 0.3 is 0 Å². The molecule has 0 radical (unpaired) electrons. The van der Waals surface area contributed by atoms with Crippen molar-refractivity contribution in [3.8, 4) is 0 Å². The lowest BCUT2D eigenvalue weighted by atomic mass is 10.1. The van der Waals surface area contributed by atoms with Crippen LogP contribution in [0.15, 0.2) is 66.0 Å². The van der Waals surface area contributed by atoms with Crippen molar-refractivity contribution >= 4 is 17.2 Å². The third kappa shape index (κ3) is 4.99. The quantitative estimate of drug-likeness (QED) is 0.640. The fourth-order valence-electron chi connectivity index (χ4n) is 2.86. The highest BCUT2D eigenvalue weighted by molar-refractivity contribution is 7.10. The van der Waals surface area contributed by atoms with E-state index in [2.05, 4.69) is 5.32 Å². The number of hydrogen-bond acceptors (Lipinski definition) is 2. The van der Waals surface area contributed by atoms with E-state index in [4.69, 9.17) is 0 Å². The van der Waals surface area contributed by atoms with E-state index in [9.17, 15) is 13.6 Å². The first kappa shape index (κ1) is 19.2. The minimum absolute atomic E-state index is 0.119. The second-order valence-corrected chi connectivity index (χ2v) is 7.31. The van der Waals surface area contributed by atoms with Gasteiger partial charge in [0.1, 0.15) is 6.04 Å². The van der Waals surface area contributed by atoms with Gasteiger partial charge in [0.15, 0.2) is 18.2 Å². The third-order valence-electron chi connectivity index (χ3n) is 4.39. The summed E-state index contributed by atoms with van der Waals surface area (Å²) < 4.78 is 26.5. The smallest absolute Gasteiger partial charge is 0.275 e. The summed E-state index contributed by atoms with van der Waals surface area (Å²) in [6.07, 6.45) is 0. The fourth-order valence-corrected chi connectivity index (χ4v) is 3.66. The summed E-state index contributed by atoms with van der Waals surface area (Å²) in [7, 11) is 0. The number of carbonyl (C=O) groups excluding carboxylic acids is 1. The molecule has 0 spiro atoms. The molecule has 0 bridgehead atoms. The van der Waals surface area contributed by atoms with Gasteiger partial charge in [-0.1, -0.05) is 36.4 Å². The summed E-state index contributed by atoms with van der Waals surface area (Å²) in [6, 6.07) is 17.2. The Morgan fingerprint density at radius 3 is 2.48 bits per heavy atom. The number of quaternary nitrogens is 1. The molecule has 1 aromatic heterocycles. The van der Waals surface area contributed by atoms with Crippen molar-refractivity contribution in [1.29, 1.82) is 0 Å². The van der Waals surface area contributed by atoms with E-state index >= 15 is 0 Å². The van der Waals surface area contributed by atoms with Gasteiger partial charge in [0.05, 0.1) is 6.04 Å². The molecule has 0 saturated carbocycles. The van der Waals surface area contributed by atoms with Gasteiger partial charge in [0.25, 0.3) is 5.91 Å². The van der Waals surface area contributed by atoms with Crippen LogP contribution in [-0.2, 0) is 4.79 Å². The van der Waals surface area contributed by atoms with E-state index in [0.29, 0.717) is 5.56 Å². The molecule has 2 aromatic carbocycles. The standard InChI is InChI=1S/C21H20F2N2OS/c1-14(16-9-10-17(22)18(23)12-16)24-13-20(26)25-21(19-8-5-11-27-19)15-6-3-2-4-7-15/h2-12,14,21,24H,13H2,1H3,(H,25,26)/p+1/t14-,21+/m0/s1. The largest absolute Gasteiger partial charge is 0.339 e. The average Bonchev–Trinajstić information content (AvgIpc) is 3.21. The number of thiophene rings is 1. The summed E-state index contributed by atoms with van der Waals surface area (Å²) >= 11 is 1.59. The van der Waals surface area contributed by atoms with Crippen LogP contribution in [0.1, 0.15) is 35.0 Å². The summed E-state index contributed by atoms with van der Waals surface area (Å²) in [5.41, 5.74) is 1.65. The average molecular weight is 387 g/mol. The Hall–Kier alpha value is -2.57. The van der Waals surface area contributed by atoms with E-state index in [1.807, 2.05) is 54.8 Å². The van der Waals surface area contributed by atoms with Crippen LogP contribution in [0.25, 0.3) is 0 Å². The first-order valence-electron chi connectivity index (χ1n) is 8.70. The number of carbonyl (C=O) groups is 1. The van der Waals surface area contributed by atoms with Crippen LogP contribution in [0.3, 0.4) is 0 Å². The van der Waals surface area contributed by atoms with Crippen LogP contribution in [0.4, 0.5) is 8.78 Å². The predicted molar refractivity (Wildman–Crippen MR) is 102 cm³/mol. The van der Waals surface area contributed by atoms with E-state index in [1.165, 1.54) is 12.1 Å². The molecule has 1 amide bonds. The molecule has 3 aromatic rings. The van der Waals surface area contributed by atoms with E-state index < -0.39 is 11.6 Å². The van der Waals surface area contributed by atoms with E-state index in [-0.39, 0.29) is 24.5 Å². The lowest BCUT2D eigenvalue weighted by Crippen LogP contribution is -2.87. The van der Waals surface area contributed by atoms with Gasteiger partial charge in [-0.3, -0.25) is 4.79 Å². The Kier molecular flexibility index (Phi) is 6.32. The van der Waals surface area contributed by atoms with E-state index in [1.54, 1.807) is 16.7 Å². The molecular formula is C21H21F2N2OS+.